The van der Waals surface area contributed by atoms with Crippen molar-refractivity contribution in [2.75, 3.05) is 11.1 Å². The van der Waals surface area contributed by atoms with Gasteiger partial charge in [-0.1, -0.05) is 23.9 Å². The molecule has 2 aromatic carbocycles. The Balaban J connectivity index is 1.64. The number of para-hydroxylation sites is 1. The molecule has 1 amide bonds. The number of amides is 1. The number of carbonyl (C=O) groups excluding carboxylic acids is 1. The first-order chi connectivity index (χ1) is 11.0. The summed E-state index contributed by atoms with van der Waals surface area (Å²) in [6.07, 6.45) is 0. The van der Waals surface area contributed by atoms with Gasteiger partial charge >= 0.3 is 0 Å². The summed E-state index contributed by atoms with van der Waals surface area (Å²) in [5.41, 5.74) is 4.14. The summed E-state index contributed by atoms with van der Waals surface area (Å²) < 4.78 is 2.96. The van der Waals surface area contributed by atoms with E-state index < -0.39 is 0 Å². The van der Waals surface area contributed by atoms with Gasteiger partial charge in [0, 0.05) is 4.47 Å². The second kappa shape index (κ2) is 7.03. The number of carbonyl (C=O) groups is 1. The average Bonchev–Trinajstić information content (AvgIpc) is 2.93. The normalized spacial score (nSPS) is 10.9. The molecule has 0 spiro atoms. The van der Waals surface area contributed by atoms with E-state index in [1.807, 2.05) is 43.3 Å². The van der Waals surface area contributed by atoms with Gasteiger partial charge in [-0.2, -0.15) is 0 Å². The zero-order valence-corrected chi connectivity index (χ0v) is 15.9. The van der Waals surface area contributed by atoms with Gasteiger partial charge in [0.2, 0.25) is 5.91 Å². The molecule has 3 nitrogen and oxygen atoms in total. The van der Waals surface area contributed by atoms with Crippen LogP contribution in [0.5, 0.6) is 0 Å². The fraction of sp³-hybridized carbons (Fsp3) is 0.176. The van der Waals surface area contributed by atoms with Crippen molar-refractivity contribution >= 4 is 60.8 Å². The predicted molar refractivity (Wildman–Crippen MR) is 103 cm³/mol. The summed E-state index contributed by atoms with van der Waals surface area (Å²) in [7, 11) is 0. The number of hydrogen-bond donors (Lipinski definition) is 1. The van der Waals surface area contributed by atoms with Crippen LogP contribution in [-0.2, 0) is 4.79 Å². The zero-order chi connectivity index (χ0) is 16.4. The molecular weight excluding hydrogens is 392 g/mol. The lowest BCUT2D eigenvalue weighted by Gasteiger charge is -2.10. The van der Waals surface area contributed by atoms with Gasteiger partial charge in [-0.3, -0.25) is 4.79 Å². The first-order valence-electron chi connectivity index (χ1n) is 7.08. The molecule has 1 heterocycles. The number of aryl methyl sites for hydroxylation is 2. The predicted octanol–water partition coefficient (Wildman–Crippen LogP) is 5.41. The van der Waals surface area contributed by atoms with Crippen LogP contribution < -0.4 is 5.32 Å². The third-order valence-electron chi connectivity index (χ3n) is 3.46. The van der Waals surface area contributed by atoms with Crippen LogP contribution in [0.15, 0.2) is 45.2 Å². The van der Waals surface area contributed by atoms with Crippen molar-refractivity contribution in [1.82, 2.24) is 4.98 Å². The van der Waals surface area contributed by atoms with E-state index in [0.29, 0.717) is 5.75 Å². The maximum absolute atomic E-state index is 12.2. The van der Waals surface area contributed by atoms with E-state index in [9.17, 15) is 4.79 Å². The van der Waals surface area contributed by atoms with Crippen molar-refractivity contribution in [3.05, 3.63) is 52.0 Å². The Labute approximate surface area is 151 Å². The third-order valence-corrected chi connectivity index (χ3v) is 6.29. The van der Waals surface area contributed by atoms with E-state index in [-0.39, 0.29) is 5.91 Å². The lowest BCUT2D eigenvalue weighted by atomic mass is 10.1. The van der Waals surface area contributed by atoms with Gasteiger partial charge < -0.3 is 5.32 Å². The van der Waals surface area contributed by atoms with Crippen molar-refractivity contribution in [1.29, 1.82) is 0 Å². The first kappa shape index (κ1) is 16.5. The first-order valence-corrected chi connectivity index (χ1v) is 9.67. The minimum absolute atomic E-state index is 0.0294. The SMILES string of the molecule is Cc1cc(Br)c(NC(=O)CSc2nc3ccccc3s2)cc1C. The van der Waals surface area contributed by atoms with Crippen LogP contribution in [0.2, 0.25) is 0 Å². The van der Waals surface area contributed by atoms with E-state index in [4.69, 9.17) is 0 Å². The second-order valence-corrected chi connectivity index (χ2v) is 8.31. The Hall–Kier alpha value is -1.37. The van der Waals surface area contributed by atoms with Crippen LogP contribution in [-0.4, -0.2) is 16.6 Å². The number of thiazole rings is 1. The minimum atomic E-state index is -0.0294. The summed E-state index contributed by atoms with van der Waals surface area (Å²) in [4.78, 5) is 16.7. The molecule has 118 valence electrons. The Morgan fingerprint density at radius 2 is 2.00 bits per heavy atom. The highest BCUT2D eigenvalue weighted by Gasteiger charge is 2.10. The molecule has 0 saturated carbocycles. The molecule has 23 heavy (non-hydrogen) atoms. The van der Waals surface area contributed by atoms with Gasteiger partial charge in [-0.25, -0.2) is 4.98 Å². The highest BCUT2D eigenvalue weighted by atomic mass is 79.9. The lowest BCUT2D eigenvalue weighted by molar-refractivity contribution is -0.113. The molecule has 1 N–H and O–H groups in total. The van der Waals surface area contributed by atoms with Crippen LogP contribution in [0, 0.1) is 13.8 Å². The maximum Gasteiger partial charge on any atom is 0.234 e. The third kappa shape index (κ3) is 3.94. The Morgan fingerprint density at radius 3 is 2.78 bits per heavy atom. The smallest absolute Gasteiger partial charge is 0.234 e. The number of nitrogens with one attached hydrogen (secondary N) is 1. The number of halogens is 1. The van der Waals surface area contributed by atoms with E-state index in [2.05, 4.69) is 33.2 Å². The van der Waals surface area contributed by atoms with Gasteiger partial charge in [0.25, 0.3) is 0 Å². The van der Waals surface area contributed by atoms with Crippen LogP contribution in [0.25, 0.3) is 10.2 Å². The van der Waals surface area contributed by atoms with Gasteiger partial charge in [0.05, 0.1) is 21.7 Å². The molecule has 6 heteroatoms. The maximum atomic E-state index is 12.2. The second-order valence-electron chi connectivity index (χ2n) is 5.20. The highest BCUT2D eigenvalue weighted by Crippen LogP contribution is 2.30. The van der Waals surface area contributed by atoms with E-state index in [1.54, 1.807) is 11.3 Å². The molecule has 0 bridgehead atoms. The van der Waals surface area contributed by atoms with Crippen molar-refractivity contribution in [2.24, 2.45) is 0 Å². The lowest BCUT2D eigenvalue weighted by Crippen LogP contribution is -2.14. The summed E-state index contributed by atoms with van der Waals surface area (Å²) >= 11 is 6.58. The number of aromatic nitrogens is 1. The molecule has 0 fully saturated rings. The molecule has 3 rings (SSSR count). The fourth-order valence-corrected chi connectivity index (χ4v) is 4.53. The van der Waals surface area contributed by atoms with Crippen LogP contribution in [0.3, 0.4) is 0 Å². The number of anilines is 1. The summed E-state index contributed by atoms with van der Waals surface area (Å²) in [5, 5.41) is 2.95. The fourth-order valence-electron chi connectivity index (χ4n) is 2.10. The average molecular weight is 407 g/mol. The van der Waals surface area contributed by atoms with Gasteiger partial charge in [-0.05, 0) is 65.2 Å². The molecule has 0 unspecified atom stereocenters. The van der Waals surface area contributed by atoms with Gasteiger partial charge in [0.15, 0.2) is 4.34 Å². The van der Waals surface area contributed by atoms with Crippen molar-refractivity contribution < 1.29 is 4.79 Å². The Kier molecular flexibility index (Phi) is 5.04. The number of hydrogen-bond acceptors (Lipinski definition) is 4. The van der Waals surface area contributed by atoms with E-state index >= 15 is 0 Å². The van der Waals surface area contributed by atoms with Gasteiger partial charge in [-0.15, -0.1) is 11.3 Å². The number of fused-ring (bicyclic) bond motifs is 1. The topological polar surface area (TPSA) is 42.0 Å². The number of rotatable bonds is 4. The monoisotopic (exact) mass is 406 g/mol. The molecule has 1 aromatic heterocycles. The Morgan fingerprint density at radius 1 is 1.26 bits per heavy atom. The van der Waals surface area contributed by atoms with Crippen molar-refractivity contribution in [2.45, 2.75) is 18.2 Å². The largest absolute Gasteiger partial charge is 0.324 e. The van der Waals surface area contributed by atoms with Gasteiger partial charge in [0.1, 0.15) is 0 Å². The van der Waals surface area contributed by atoms with Crippen LogP contribution in [0.1, 0.15) is 11.1 Å². The van der Waals surface area contributed by atoms with Crippen LogP contribution >= 0.6 is 39.0 Å². The van der Waals surface area contributed by atoms with Crippen molar-refractivity contribution in [3.63, 3.8) is 0 Å². The molecule has 0 saturated heterocycles. The molecule has 0 aliphatic heterocycles. The zero-order valence-electron chi connectivity index (χ0n) is 12.7. The molecule has 0 aliphatic carbocycles. The molecule has 3 aromatic rings. The number of thioether (sulfide) groups is 1. The molecule has 0 atom stereocenters. The van der Waals surface area contributed by atoms with Crippen LogP contribution in [0.4, 0.5) is 5.69 Å². The molecule has 0 aliphatic rings. The van der Waals surface area contributed by atoms with E-state index in [1.165, 1.54) is 17.3 Å². The minimum Gasteiger partial charge on any atom is -0.324 e. The Bertz CT molecular complexity index is 843. The standard InChI is InChI=1S/C17H15BrN2OS2/c1-10-7-12(18)14(8-11(10)2)19-16(21)9-22-17-20-13-5-3-4-6-15(13)23-17/h3-8H,9H2,1-2H3,(H,19,21). The van der Waals surface area contributed by atoms with E-state index in [0.717, 1.165) is 30.3 Å². The summed E-state index contributed by atoms with van der Waals surface area (Å²) in [6.45, 7) is 4.09. The number of benzene rings is 2. The summed E-state index contributed by atoms with van der Waals surface area (Å²) in [6, 6.07) is 12.0. The molecular formula is C17H15BrN2OS2. The number of nitrogens with zero attached hydrogens (tertiary/aromatic N) is 1. The van der Waals surface area contributed by atoms with Crippen molar-refractivity contribution in [3.8, 4) is 0 Å². The quantitative estimate of drug-likeness (QED) is 0.589. The molecule has 0 radical (unpaired) electrons. The summed E-state index contributed by atoms with van der Waals surface area (Å²) in [5.74, 6) is 0.317. The highest BCUT2D eigenvalue weighted by molar-refractivity contribution is 9.10.